The summed E-state index contributed by atoms with van der Waals surface area (Å²) in [5, 5.41) is 3.34. The highest BCUT2D eigenvalue weighted by molar-refractivity contribution is 5.95. The second-order valence-electron chi connectivity index (χ2n) is 7.50. The molecular formula is C24H25N3O2. The molecule has 1 aliphatic rings. The molecule has 1 N–H and O–H groups in total. The van der Waals surface area contributed by atoms with Gasteiger partial charge in [-0.05, 0) is 49.1 Å². The van der Waals surface area contributed by atoms with Crippen LogP contribution in [0, 0.1) is 5.92 Å². The first kappa shape index (κ1) is 19.0. The second-order valence-corrected chi connectivity index (χ2v) is 7.50. The molecule has 0 saturated carbocycles. The summed E-state index contributed by atoms with van der Waals surface area (Å²) in [7, 11) is 0. The summed E-state index contributed by atoms with van der Waals surface area (Å²) < 4.78 is 6.01. The number of nitrogens with zero attached hydrogens (tertiary/aromatic N) is 2. The third-order valence-electron chi connectivity index (χ3n) is 5.07. The van der Waals surface area contributed by atoms with Gasteiger partial charge in [0.05, 0.1) is 23.1 Å². The van der Waals surface area contributed by atoms with E-state index in [4.69, 9.17) is 4.74 Å². The minimum Gasteiger partial charge on any atom is -0.455 e. The Morgan fingerprint density at radius 2 is 1.90 bits per heavy atom. The van der Waals surface area contributed by atoms with Crippen LogP contribution < -0.4 is 10.1 Å². The normalized spacial score (nSPS) is 16.3. The highest BCUT2D eigenvalue weighted by Crippen LogP contribution is 2.31. The van der Waals surface area contributed by atoms with E-state index < -0.39 is 0 Å². The van der Waals surface area contributed by atoms with E-state index in [1.165, 1.54) is 6.42 Å². The summed E-state index contributed by atoms with van der Waals surface area (Å²) in [6, 6.07) is 19.2. The highest BCUT2D eigenvalue weighted by Gasteiger charge is 2.22. The lowest BCUT2D eigenvalue weighted by atomic mass is 10.00. The van der Waals surface area contributed by atoms with Crippen molar-refractivity contribution in [1.82, 2.24) is 9.88 Å². The molecular weight excluding hydrogens is 362 g/mol. The molecule has 5 nitrogen and oxygen atoms in total. The molecule has 2 aromatic carbocycles. The quantitative estimate of drug-likeness (QED) is 0.629. The number of amides is 1. The second kappa shape index (κ2) is 8.78. The minimum absolute atomic E-state index is 0.0431. The number of anilines is 2. The Bertz CT molecular complexity index is 975. The molecule has 2 heterocycles. The van der Waals surface area contributed by atoms with Gasteiger partial charge in [0.15, 0.2) is 5.75 Å². The van der Waals surface area contributed by atoms with E-state index in [0.717, 1.165) is 36.6 Å². The van der Waals surface area contributed by atoms with Gasteiger partial charge in [0.2, 0.25) is 0 Å². The smallest absolute Gasteiger partial charge is 0.255 e. The van der Waals surface area contributed by atoms with Crippen LogP contribution in [0.25, 0.3) is 0 Å². The summed E-state index contributed by atoms with van der Waals surface area (Å²) in [5.41, 5.74) is 2.17. The number of piperidine rings is 1. The molecule has 1 amide bonds. The monoisotopic (exact) mass is 387 g/mol. The van der Waals surface area contributed by atoms with Crippen LogP contribution in [0.3, 0.4) is 0 Å². The summed E-state index contributed by atoms with van der Waals surface area (Å²) in [5.74, 6) is 2.06. The van der Waals surface area contributed by atoms with Crippen molar-refractivity contribution in [1.29, 1.82) is 0 Å². The largest absolute Gasteiger partial charge is 0.455 e. The SMILES string of the molecule is CC1CCCN(C(=O)c2cncc(Nc3ccccc3Oc3ccccc3)c2)C1. The average Bonchev–Trinajstić information content (AvgIpc) is 2.75. The maximum Gasteiger partial charge on any atom is 0.255 e. The Hall–Kier alpha value is -3.34. The van der Waals surface area contributed by atoms with Crippen molar-refractivity contribution in [2.45, 2.75) is 19.8 Å². The first-order chi connectivity index (χ1) is 14.2. The molecule has 0 spiro atoms. The van der Waals surface area contributed by atoms with Crippen molar-refractivity contribution in [3.63, 3.8) is 0 Å². The Balaban J connectivity index is 1.52. The number of rotatable bonds is 5. The van der Waals surface area contributed by atoms with E-state index in [-0.39, 0.29) is 5.91 Å². The van der Waals surface area contributed by atoms with Gasteiger partial charge >= 0.3 is 0 Å². The van der Waals surface area contributed by atoms with Crippen molar-refractivity contribution < 1.29 is 9.53 Å². The molecule has 1 unspecified atom stereocenters. The van der Waals surface area contributed by atoms with Crippen LogP contribution in [-0.4, -0.2) is 28.9 Å². The van der Waals surface area contributed by atoms with Crippen LogP contribution in [0.4, 0.5) is 11.4 Å². The summed E-state index contributed by atoms with van der Waals surface area (Å²) >= 11 is 0. The third kappa shape index (κ3) is 4.74. The van der Waals surface area contributed by atoms with E-state index >= 15 is 0 Å². The number of para-hydroxylation sites is 3. The molecule has 4 rings (SSSR count). The fourth-order valence-corrected chi connectivity index (χ4v) is 3.61. The van der Waals surface area contributed by atoms with Crippen molar-refractivity contribution in [3.05, 3.63) is 78.6 Å². The molecule has 1 saturated heterocycles. The maximum absolute atomic E-state index is 12.9. The fourth-order valence-electron chi connectivity index (χ4n) is 3.61. The topological polar surface area (TPSA) is 54.5 Å². The number of pyridine rings is 1. The molecule has 3 aromatic rings. The summed E-state index contributed by atoms with van der Waals surface area (Å²) in [6.07, 6.45) is 5.60. The van der Waals surface area contributed by atoms with E-state index in [9.17, 15) is 4.79 Å². The molecule has 1 aliphatic heterocycles. The van der Waals surface area contributed by atoms with E-state index in [1.54, 1.807) is 12.4 Å². The van der Waals surface area contributed by atoms with Gasteiger partial charge in [-0.3, -0.25) is 9.78 Å². The van der Waals surface area contributed by atoms with Gasteiger partial charge in [-0.1, -0.05) is 37.3 Å². The first-order valence-corrected chi connectivity index (χ1v) is 10.0. The Morgan fingerprint density at radius 3 is 2.72 bits per heavy atom. The molecule has 29 heavy (non-hydrogen) atoms. The predicted molar refractivity (Wildman–Crippen MR) is 115 cm³/mol. The lowest BCUT2D eigenvalue weighted by Gasteiger charge is -2.31. The predicted octanol–water partition coefficient (Wildman–Crippen LogP) is 5.49. The van der Waals surface area contributed by atoms with Gasteiger partial charge in [-0.15, -0.1) is 0 Å². The van der Waals surface area contributed by atoms with E-state index in [2.05, 4.69) is 17.2 Å². The van der Waals surface area contributed by atoms with Crippen LogP contribution >= 0.6 is 0 Å². The van der Waals surface area contributed by atoms with Gasteiger partial charge in [-0.25, -0.2) is 0 Å². The number of aromatic nitrogens is 1. The molecule has 1 atom stereocenters. The Kier molecular flexibility index (Phi) is 5.75. The van der Waals surface area contributed by atoms with Gasteiger partial charge in [-0.2, -0.15) is 0 Å². The summed E-state index contributed by atoms with van der Waals surface area (Å²) in [4.78, 5) is 19.1. The first-order valence-electron chi connectivity index (χ1n) is 10.0. The average molecular weight is 387 g/mol. The maximum atomic E-state index is 12.9. The van der Waals surface area contributed by atoms with Gasteiger partial charge < -0.3 is 15.0 Å². The molecule has 148 valence electrons. The molecule has 0 radical (unpaired) electrons. The van der Waals surface area contributed by atoms with Crippen LogP contribution in [0.1, 0.15) is 30.1 Å². The van der Waals surface area contributed by atoms with Crippen LogP contribution in [0.2, 0.25) is 0 Å². The lowest BCUT2D eigenvalue weighted by Crippen LogP contribution is -2.39. The van der Waals surface area contributed by atoms with Crippen molar-refractivity contribution in [2.24, 2.45) is 5.92 Å². The van der Waals surface area contributed by atoms with Gasteiger partial charge in [0, 0.05) is 19.3 Å². The number of carbonyl (C=O) groups is 1. The fraction of sp³-hybridized carbons (Fsp3) is 0.250. The third-order valence-corrected chi connectivity index (χ3v) is 5.07. The highest BCUT2D eigenvalue weighted by atomic mass is 16.5. The molecule has 1 fully saturated rings. The molecule has 1 aromatic heterocycles. The van der Waals surface area contributed by atoms with Gasteiger partial charge in [0.1, 0.15) is 5.75 Å². The molecule has 5 heteroatoms. The minimum atomic E-state index is 0.0431. The van der Waals surface area contributed by atoms with E-state index in [0.29, 0.717) is 17.2 Å². The van der Waals surface area contributed by atoms with Crippen LogP contribution in [0.5, 0.6) is 11.5 Å². The summed E-state index contributed by atoms with van der Waals surface area (Å²) in [6.45, 7) is 3.82. The number of nitrogens with one attached hydrogen (secondary N) is 1. The van der Waals surface area contributed by atoms with E-state index in [1.807, 2.05) is 65.6 Å². The zero-order valence-corrected chi connectivity index (χ0v) is 16.5. The van der Waals surface area contributed by atoms with Crippen molar-refractivity contribution in [2.75, 3.05) is 18.4 Å². The molecule has 0 bridgehead atoms. The zero-order chi connectivity index (χ0) is 20.1. The number of carbonyl (C=O) groups excluding carboxylic acids is 1. The molecule has 0 aliphatic carbocycles. The van der Waals surface area contributed by atoms with Gasteiger partial charge in [0.25, 0.3) is 5.91 Å². The Labute approximate surface area is 171 Å². The number of hydrogen-bond acceptors (Lipinski definition) is 4. The lowest BCUT2D eigenvalue weighted by molar-refractivity contribution is 0.0682. The van der Waals surface area contributed by atoms with Crippen LogP contribution in [0.15, 0.2) is 73.1 Å². The standard InChI is InChI=1S/C24H25N3O2/c1-18-8-7-13-27(17-18)24(28)19-14-20(16-25-15-19)26-22-11-5-6-12-23(22)29-21-9-3-2-4-10-21/h2-6,9-12,14-16,18,26H,7-8,13,17H2,1H3. The van der Waals surface area contributed by atoms with Crippen molar-refractivity contribution in [3.8, 4) is 11.5 Å². The van der Waals surface area contributed by atoms with Crippen LogP contribution in [-0.2, 0) is 0 Å². The number of benzene rings is 2. The Morgan fingerprint density at radius 1 is 1.10 bits per heavy atom. The number of ether oxygens (including phenoxy) is 1. The number of likely N-dealkylation sites (tertiary alicyclic amines) is 1. The zero-order valence-electron chi connectivity index (χ0n) is 16.5. The van der Waals surface area contributed by atoms with Crippen molar-refractivity contribution >= 4 is 17.3 Å². The number of hydrogen-bond donors (Lipinski definition) is 1.